The largest absolute Gasteiger partial charge is 0.392 e. The van der Waals surface area contributed by atoms with E-state index in [1.54, 1.807) is 0 Å². The van der Waals surface area contributed by atoms with Crippen molar-refractivity contribution in [2.24, 2.45) is 29.6 Å². The summed E-state index contributed by atoms with van der Waals surface area (Å²) in [4.78, 5) is 0. The predicted octanol–water partition coefficient (Wildman–Crippen LogP) is 3.35. The monoisotopic (exact) mass is 342 g/mol. The van der Waals surface area contributed by atoms with Gasteiger partial charge in [-0.2, -0.15) is 0 Å². The van der Waals surface area contributed by atoms with Crippen molar-refractivity contribution >= 4 is 11.6 Å². The van der Waals surface area contributed by atoms with E-state index >= 15 is 0 Å². The number of rotatable bonds is 5. The molecule has 0 aromatic rings. The third-order valence-corrected chi connectivity index (χ3v) is 7.31. The molecular formula is C19H35ClN2O. The zero-order valence-corrected chi connectivity index (χ0v) is 15.4. The summed E-state index contributed by atoms with van der Waals surface area (Å²) in [7, 11) is 2.03. The molecule has 0 aromatic carbocycles. The van der Waals surface area contributed by atoms with Gasteiger partial charge < -0.3 is 15.7 Å². The highest BCUT2D eigenvalue weighted by atomic mass is 35.5. The van der Waals surface area contributed by atoms with Gasteiger partial charge in [0.15, 0.2) is 0 Å². The Morgan fingerprint density at radius 3 is 2.48 bits per heavy atom. The van der Waals surface area contributed by atoms with Gasteiger partial charge in [-0.3, -0.25) is 0 Å². The minimum Gasteiger partial charge on any atom is -0.392 e. The standard InChI is InChI=1S/C19H35ClN2O/c1-21-12-17(19(23)16-8-9-18(20)22-11-16)15-7-6-13-4-2-3-5-14(13)10-15/h13-19,21-23H,2-12H2,1H3/t13?,14?,15?,16?,17?,18?,19-/m0/s1. The Balaban J connectivity index is 1.61. The first-order valence-corrected chi connectivity index (χ1v) is 10.3. The van der Waals surface area contributed by atoms with E-state index in [2.05, 4.69) is 10.6 Å². The fourth-order valence-corrected chi connectivity index (χ4v) is 5.80. The first-order chi connectivity index (χ1) is 11.2. The molecule has 2 saturated carbocycles. The number of piperidine rings is 1. The van der Waals surface area contributed by atoms with Gasteiger partial charge in [-0.1, -0.05) is 25.7 Å². The second kappa shape index (κ2) is 8.51. The molecule has 0 bridgehead atoms. The van der Waals surface area contributed by atoms with Crippen LogP contribution in [-0.4, -0.2) is 36.8 Å². The summed E-state index contributed by atoms with van der Waals surface area (Å²) in [5, 5.41) is 17.8. The SMILES string of the molecule is CNCC(C1CCC2CCCCC2C1)[C@@H](O)C1CCC(Cl)NC1. The highest BCUT2D eigenvalue weighted by Gasteiger charge is 2.39. The Labute approximate surface area is 146 Å². The molecule has 23 heavy (non-hydrogen) atoms. The van der Waals surface area contributed by atoms with Crippen LogP contribution in [0.1, 0.15) is 57.8 Å². The normalized spacial score (nSPS) is 41.1. The van der Waals surface area contributed by atoms with Gasteiger partial charge in [0.2, 0.25) is 0 Å². The number of aliphatic hydroxyl groups is 1. The highest BCUT2D eigenvalue weighted by molar-refractivity contribution is 6.20. The molecule has 2 aliphatic carbocycles. The van der Waals surface area contributed by atoms with Crippen molar-refractivity contribution in [3.8, 4) is 0 Å². The second-order valence-corrected chi connectivity index (χ2v) is 8.83. The van der Waals surface area contributed by atoms with E-state index in [4.69, 9.17) is 11.6 Å². The molecule has 3 rings (SSSR count). The van der Waals surface area contributed by atoms with Gasteiger partial charge in [-0.25, -0.2) is 0 Å². The Bertz CT molecular complexity index is 359. The van der Waals surface area contributed by atoms with E-state index < -0.39 is 0 Å². The van der Waals surface area contributed by atoms with E-state index in [0.29, 0.717) is 17.8 Å². The Morgan fingerprint density at radius 1 is 1.04 bits per heavy atom. The lowest BCUT2D eigenvalue weighted by Gasteiger charge is -2.44. The van der Waals surface area contributed by atoms with Gasteiger partial charge in [0.25, 0.3) is 0 Å². The van der Waals surface area contributed by atoms with Crippen LogP contribution in [0.2, 0.25) is 0 Å². The molecule has 6 unspecified atom stereocenters. The molecule has 0 radical (unpaired) electrons. The Hall–Kier alpha value is 0.170. The van der Waals surface area contributed by atoms with E-state index in [-0.39, 0.29) is 11.6 Å². The lowest BCUT2D eigenvalue weighted by molar-refractivity contribution is -0.0116. The predicted molar refractivity (Wildman–Crippen MR) is 96.6 cm³/mol. The Kier molecular flexibility index (Phi) is 6.65. The molecule has 4 heteroatoms. The van der Waals surface area contributed by atoms with Crippen molar-refractivity contribution in [3.63, 3.8) is 0 Å². The number of hydrogen-bond acceptors (Lipinski definition) is 3. The first kappa shape index (κ1) is 18.0. The minimum absolute atomic E-state index is 0.0962. The van der Waals surface area contributed by atoms with Gasteiger partial charge >= 0.3 is 0 Å². The maximum Gasteiger partial charge on any atom is 0.0825 e. The van der Waals surface area contributed by atoms with E-state index in [1.807, 2.05) is 7.05 Å². The van der Waals surface area contributed by atoms with Gasteiger partial charge in [-0.05, 0) is 62.8 Å². The molecule has 3 N–H and O–H groups in total. The summed E-state index contributed by atoms with van der Waals surface area (Å²) >= 11 is 6.15. The van der Waals surface area contributed by atoms with Crippen LogP contribution in [0, 0.1) is 29.6 Å². The summed E-state index contributed by atoms with van der Waals surface area (Å²) in [5.41, 5.74) is 0.0962. The van der Waals surface area contributed by atoms with Crippen molar-refractivity contribution < 1.29 is 5.11 Å². The quantitative estimate of drug-likeness (QED) is 0.530. The summed E-state index contributed by atoms with van der Waals surface area (Å²) in [6.45, 7) is 1.82. The lowest BCUT2D eigenvalue weighted by Crippen LogP contribution is -2.48. The third kappa shape index (κ3) is 4.42. The molecule has 3 aliphatic rings. The zero-order valence-electron chi connectivity index (χ0n) is 14.6. The molecule has 3 nitrogen and oxygen atoms in total. The van der Waals surface area contributed by atoms with Crippen LogP contribution >= 0.6 is 11.6 Å². The summed E-state index contributed by atoms with van der Waals surface area (Å²) in [6.07, 6.45) is 11.7. The molecule has 1 saturated heterocycles. The van der Waals surface area contributed by atoms with Crippen LogP contribution in [0.3, 0.4) is 0 Å². The zero-order chi connectivity index (χ0) is 16.2. The fraction of sp³-hybridized carbons (Fsp3) is 1.00. The van der Waals surface area contributed by atoms with Crippen LogP contribution in [0.5, 0.6) is 0 Å². The van der Waals surface area contributed by atoms with E-state index in [1.165, 1.54) is 44.9 Å². The van der Waals surface area contributed by atoms with Gasteiger partial charge in [-0.15, -0.1) is 11.6 Å². The molecule has 3 fully saturated rings. The number of fused-ring (bicyclic) bond motifs is 1. The molecule has 134 valence electrons. The van der Waals surface area contributed by atoms with Crippen molar-refractivity contribution in [1.29, 1.82) is 0 Å². The first-order valence-electron chi connectivity index (χ1n) is 9.89. The second-order valence-electron chi connectivity index (χ2n) is 8.30. The number of aliphatic hydroxyl groups excluding tert-OH is 1. The highest BCUT2D eigenvalue weighted by Crippen LogP contribution is 2.46. The number of alkyl halides is 1. The van der Waals surface area contributed by atoms with Crippen LogP contribution in [0.15, 0.2) is 0 Å². The topological polar surface area (TPSA) is 44.3 Å². The third-order valence-electron chi connectivity index (χ3n) is 6.94. The maximum atomic E-state index is 11.1. The van der Waals surface area contributed by atoms with Crippen LogP contribution in [0.25, 0.3) is 0 Å². The fourth-order valence-electron chi connectivity index (χ4n) is 5.59. The maximum absolute atomic E-state index is 11.1. The van der Waals surface area contributed by atoms with E-state index in [9.17, 15) is 5.11 Å². The Morgan fingerprint density at radius 2 is 1.78 bits per heavy atom. The minimum atomic E-state index is -0.191. The molecular weight excluding hydrogens is 308 g/mol. The van der Waals surface area contributed by atoms with Crippen LogP contribution in [-0.2, 0) is 0 Å². The number of halogens is 1. The van der Waals surface area contributed by atoms with Crippen LogP contribution < -0.4 is 10.6 Å². The number of nitrogens with one attached hydrogen (secondary N) is 2. The van der Waals surface area contributed by atoms with E-state index in [0.717, 1.165) is 37.8 Å². The van der Waals surface area contributed by atoms with Crippen LogP contribution in [0.4, 0.5) is 0 Å². The number of hydrogen-bond donors (Lipinski definition) is 3. The summed E-state index contributed by atoms with van der Waals surface area (Å²) in [5.74, 6) is 3.39. The lowest BCUT2D eigenvalue weighted by atomic mass is 9.63. The van der Waals surface area contributed by atoms with Gasteiger partial charge in [0, 0.05) is 19.0 Å². The summed E-state index contributed by atoms with van der Waals surface area (Å²) in [6, 6.07) is 0. The molecule has 1 heterocycles. The molecule has 0 aromatic heterocycles. The van der Waals surface area contributed by atoms with Crippen molar-refractivity contribution in [2.45, 2.75) is 69.4 Å². The van der Waals surface area contributed by atoms with Crippen molar-refractivity contribution in [1.82, 2.24) is 10.6 Å². The summed E-state index contributed by atoms with van der Waals surface area (Å²) < 4.78 is 0. The molecule has 1 aliphatic heterocycles. The molecule has 0 amide bonds. The average molecular weight is 343 g/mol. The van der Waals surface area contributed by atoms with Crippen molar-refractivity contribution in [3.05, 3.63) is 0 Å². The average Bonchev–Trinajstić information content (AvgIpc) is 2.59. The smallest absolute Gasteiger partial charge is 0.0825 e. The molecule has 0 spiro atoms. The van der Waals surface area contributed by atoms with Gasteiger partial charge in [0.05, 0.1) is 11.6 Å². The van der Waals surface area contributed by atoms with Crippen molar-refractivity contribution in [2.75, 3.05) is 20.1 Å². The molecule has 7 atom stereocenters. The van der Waals surface area contributed by atoms with Gasteiger partial charge in [0.1, 0.15) is 0 Å².